The molecule has 1 aliphatic rings. The lowest BCUT2D eigenvalue weighted by Gasteiger charge is -2.16. The van der Waals surface area contributed by atoms with Crippen molar-refractivity contribution in [2.75, 3.05) is 6.26 Å². The molecule has 0 unspecified atom stereocenters. The van der Waals surface area contributed by atoms with Gasteiger partial charge in [0.2, 0.25) is 0 Å². The summed E-state index contributed by atoms with van der Waals surface area (Å²) in [5, 5.41) is 3.83. The van der Waals surface area contributed by atoms with Crippen LogP contribution in [0.15, 0.2) is 54.1 Å². The number of pyridine rings is 1. The van der Waals surface area contributed by atoms with Crippen molar-refractivity contribution >= 4 is 15.7 Å². The van der Waals surface area contributed by atoms with Gasteiger partial charge >= 0.3 is 0 Å². The van der Waals surface area contributed by atoms with Gasteiger partial charge in [-0.05, 0) is 49.4 Å². The third-order valence-corrected chi connectivity index (χ3v) is 5.51. The van der Waals surface area contributed by atoms with E-state index in [9.17, 15) is 13.2 Å². The van der Waals surface area contributed by atoms with Crippen LogP contribution in [0.5, 0.6) is 11.5 Å². The van der Waals surface area contributed by atoms with Gasteiger partial charge in [0.25, 0.3) is 5.91 Å². The van der Waals surface area contributed by atoms with Crippen molar-refractivity contribution in [2.45, 2.75) is 44.6 Å². The van der Waals surface area contributed by atoms with E-state index in [2.05, 4.69) is 10.3 Å². The molecule has 0 bridgehead atoms. The van der Waals surface area contributed by atoms with Crippen molar-refractivity contribution in [1.82, 2.24) is 10.3 Å². The lowest BCUT2D eigenvalue weighted by Crippen LogP contribution is -2.32. The number of carbonyl (C=O) groups is 1. The highest BCUT2D eigenvalue weighted by Crippen LogP contribution is 2.36. The van der Waals surface area contributed by atoms with Gasteiger partial charge in [0.15, 0.2) is 21.3 Å². The molecule has 1 aromatic heterocycles. The molecule has 1 aliphatic carbocycles. The van der Waals surface area contributed by atoms with E-state index in [0.717, 1.165) is 30.1 Å². The van der Waals surface area contributed by atoms with Gasteiger partial charge in [-0.2, -0.15) is 0 Å². The van der Waals surface area contributed by atoms with Crippen LogP contribution in [0.2, 0.25) is 0 Å². The molecule has 7 heteroatoms. The summed E-state index contributed by atoms with van der Waals surface area (Å²) in [6, 6.07) is 10.7. The van der Waals surface area contributed by atoms with E-state index in [-0.39, 0.29) is 5.69 Å². The number of rotatable bonds is 7. The molecule has 0 spiro atoms. The fourth-order valence-corrected chi connectivity index (χ4v) is 3.91. The molecule has 1 aromatic carbocycles. The van der Waals surface area contributed by atoms with Crippen LogP contribution in [-0.4, -0.2) is 31.6 Å². The minimum atomic E-state index is -3.26. The summed E-state index contributed by atoms with van der Waals surface area (Å²) in [5.74, 6) is 1.04. The topological polar surface area (TPSA) is 85.4 Å². The van der Waals surface area contributed by atoms with Crippen LogP contribution in [0, 0.1) is 0 Å². The maximum atomic E-state index is 12.8. The highest BCUT2D eigenvalue weighted by atomic mass is 32.2. The lowest BCUT2D eigenvalue weighted by atomic mass is 9.99. The summed E-state index contributed by atoms with van der Waals surface area (Å²) in [7, 11) is -3.26. The number of nitrogens with zero attached hydrogens (tertiary/aromatic N) is 1. The number of ether oxygens (including phenoxy) is 1. The predicted octanol–water partition coefficient (Wildman–Crippen LogP) is 4.21. The molecule has 0 saturated heterocycles. The Hall–Kier alpha value is -2.67. The smallest absolute Gasteiger partial charge is 0.274 e. The molecule has 29 heavy (non-hydrogen) atoms. The molecule has 1 atom stereocenters. The minimum absolute atomic E-state index is 0.176. The standard InChI is InChI=1S/C22H26N2O4S/c1-16(12-13-29(2,26)27)24-22(25)21-20(28-19-10-4-3-5-11-19)14-18(15-23-21)17-8-6-7-9-17/h3-5,10-17H,6-9H2,1-2H3,(H,24,25)/b13-12+/t16-/m0/s1. The van der Waals surface area contributed by atoms with E-state index < -0.39 is 21.8 Å². The van der Waals surface area contributed by atoms with E-state index in [1.807, 2.05) is 36.4 Å². The number of carbonyl (C=O) groups excluding carboxylic acids is 1. The van der Waals surface area contributed by atoms with Gasteiger partial charge in [0.05, 0.1) is 0 Å². The predicted molar refractivity (Wildman–Crippen MR) is 113 cm³/mol. The largest absolute Gasteiger partial charge is 0.455 e. The number of hydrogen-bond acceptors (Lipinski definition) is 5. The van der Waals surface area contributed by atoms with Crippen molar-refractivity contribution in [2.24, 2.45) is 0 Å². The normalized spacial score (nSPS) is 16.1. The van der Waals surface area contributed by atoms with Gasteiger partial charge < -0.3 is 10.1 Å². The van der Waals surface area contributed by atoms with Gasteiger partial charge in [0.1, 0.15) is 5.75 Å². The van der Waals surface area contributed by atoms with E-state index >= 15 is 0 Å². The zero-order valence-electron chi connectivity index (χ0n) is 16.7. The molecular formula is C22H26N2O4S. The summed E-state index contributed by atoms with van der Waals surface area (Å²) >= 11 is 0. The Labute approximate surface area is 171 Å². The highest BCUT2D eigenvalue weighted by Gasteiger charge is 2.22. The number of para-hydroxylation sites is 1. The Balaban J connectivity index is 1.85. The maximum Gasteiger partial charge on any atom is 0.274 e. The average Bonchev–Trinajstić information content (AvgIpc) is 3.21. The molecule has 1 amide bonds. The van der Waals surface area contributed by atoms with Crippen molar-refractivity contribution in [1.29, 1.82) is 0 Å². The Morgan fingerprint density at radius 2 is 1.93 bits per heavy atom. The van der Waals surface area contributed by atoms with Crippen molar-refractivity contribution < 1.29 is 17.9 Å². The Kier molecular flexibility index (Phi) is 6.69. The highest BCUT2D eigenvalue weighted by molar-refractivity contribution is 7.93. The number of amides is 1. The number of sulfone groups is 1. The molecule has 3 rings (SSSR count). The summed E-state index contributed by atoms with van der Waals surface area (Å²) in [4.78, 5) is 17.2. The molecule has 1 N–H and O–H groups in total. The first-order valence-corrected chi connectivity index (χ1v) is 11.7. The zero-order chi connectivity index (χ0) is 20.9. The lowest BCUT2D eigenvalue weighted by molar-refractivity contribution is 0.0939. The second-order valence-electron chi connectivity index (χ2n) is 7.43. The number of hydrogen-bond donors (Lipinski definition) is 1. The van der Waals surface area contributed by atoms with Crippen LogP contribution in [0.1, 0.15) is 54.6 Å². The summed E-state index contributed by atoms with van der Waals surface area (Å²) in [6.07, 6.45) is 8.92. The summed E-state index contributed by atoms with van der Waals surface area (Å²) < 4.78 is 28.5. The molecule has 0 aliphatic heterocycles. The zero-order valence-corrected chi connectivity index (χ0v) is 17.5. The molecule has 1 saturated carbocycles. The third kappa shape index (κ3) is 6.15. The first-order chi connectivity index (χ1) is 13.8. The van der Waals surface area contributed by atoms with Gasteiger partial charge in [-0.3, -0.25) is 4.79 Å². The van der Waals surface area contributed by atoms with E-state index in [4.69, 9.17) is 4.74 Å². The molecule has 0 radical (unpaired) electrons. The van der Waals surface area contributed by atoms with Gasteiger partial charge in [-0.1, -0.05) is 37.1 Å². The SMILES string of the molecule is C[C@@H](/C=C/S(C)(=O)=O)NC(=O)c1ncc(C2CCCC2)cc1Oc1ccccc1. The molecule has 1 heterocycles. The number of benzene rings is 1. The summed E-state index contributed by atoms with van der Waals surface area (Å²) in [6.45, 7) is 1.70. The van der Waals surface area contributed by atoms with Crippen LogP contribution in [-0.2, 0) is 9.84 Å². The van der Waals surface area contributed by atoms with E-state index in [1.54, 1.807) is 13.1 Å². The monoisotopic (exact) mass is 414 g/mol. The fraction of sp³-hybridized carbons (Fsp3) is 0.364. The van der Waals surface area contributed by atoms with Crippen molar-refractivity contribution in [3.63, 3.8) is 0 Å². The Morgan fingerprint density at radius 1 is 1.24 bits per heavy atom. The van der Waals surface area contributed by atoms with Crippen LogP contribution in [0.3, 0.4) is 0 Å². The number of aromatic nitrogens is 1. The average molecular weight is 415 g/mol. The third-order valence-electron chi connectivity index (χ3n) is 4.86. The van der Waals surface area contributed by atoms with Gasteiger partial charge in [-0.15, -0.1) is 0 Å². The van der Waals surface area contributed by atoms with Crippen LogP contribution in [0.25, 0.3) is 0 Å². The first kappa shape index (κ1) is 21.0. The molecule has 6 nitrogen and oxygen atoms in total. The van der Waals surface area contributed by atoms with E-state index in [1.165, 1.54) is 18.9 Å². The molecule has 1 fully saturated rings. The second kappa shape index (κ2) is 9.22. The van der Waals surface area contributed by atoms with Crippen LogP contribution in [0.4, 0.5) is 0 Å². The first-order valence-electron chi connectivity index (χ1n) is 9.74. The quantitative estimate of drug-likeness (QED) is 0.734. The molecular weight excluding hydrogens is 388 g/mol. The van der Waals surface area contributed by atoms with Crippen molar-refractivity contribution in [3.05, 3.63) is 65.3 Å². The molecule has 154 valence electrons. The minimum Gasteiger partial charge on any atom is -0.455 e. The second-order valence-corrected chi connectivity index (χ2v) is 9.36. The van der Waals surface area contributed by atoms with Gasteiger partial charge in [-0.25, -0.2) is 13.4 Å². The van der Waals surface area contributed by atoms with Crippen molar-refractivity contribution in [3.8, 4) is 11.5 Å². The summed E-state index contributed by atoms with van der Waals surface area (Å²) in [5.41, 5.74) is 1.25. The fourth-order valence-electron chi connectivity index (χ4n) is 3.39. The molecule has 2 aromatic rings. The van der Waals surface area contributed by atoms with Crippen LogP contribution >= 0.6 is 0 Å². The maximum absolute atomic E-state index is 12.8. The van der Waals surface area contributed by atoms with Gasteiger partial charge in [0, 0.05) is 23.9 Å². The Morgan fingerprint density at radius 3 is 2.59 bits per heavy atom. The van der Waals surface area contributed by atoms with E-state index in [0.29, 0.717) is 17.4 Å². The Bertz CT molecular complexity index is 981. The number of nitrogens with one attached hydrogen (secondary N) is 1. The van der Waals surface area contributed by atoms with Crippen LogP contribution < -0.4 is 10.1 Å².